The van der Waals surface area contributed by atoms with Crippen molar-refractivity contribution in [1.29, 1.82) is 0 Å². The standard InChI is InChI=1S/C12H14N2O3/c1-7(2)11(15)13-6-8-3-4-10-9(5-8)14-12(16)17-10/h3-5,7H,6H2,1-2H3,(H,13,15)(H,14,16). The molecular formula is C12H14N2O3. The first-order valence-corrected chi connectivity index (χ1v) is 5.46. The maximum absolute atomic E-state index is 11.4. The zero-order valence-electron chi connectivity index (χ0n) is 9.74. The molecule has 5 heteroatoms. The average Bonchev–Trinajstić information content (AvgIpc) is 2.64. The highest BCUT2D eigenvalue weighted by Gasteiger charge is 2.07. The quantitative estimate of drug-likeness (QED) is 0.842. The molecule has 2 rings (SSSR count). The second kappa shape index (κ2) is 4.45. The Morgan fingerprint density at radius 1 is 1.47 bits per heavy atom. The number of aromatic amines is 1. The minimum atomic E-state index is -0.469. The maximum atomic E-state index is 11.4. The highest BCUT2D eigenvalue weighted by molar-refractivity contribution is 5.78. The van der Waals surface area contributed by atoms with Gasteiger partial charge in [-0.15, -0.1) is 0 Å². The van der Waals surface area contributed by atoms with Crippen LogP contribution in [0.25, 0.3) is 11.1 Å². The van der Waals surface area contributed by atoms with Crippen LogP contribution >= 0.6 is 0 Å². The number of amides is 1. The Morgan fingerprint density at radius 3 is 2.94 bits per heavy atom. The first kappa shape index (κ1) is 11.4. The third-order valence-electron chi connectivity index (χ3n) is 2.47. The van der Waals surface area contributed by atoms with Gasteiger partial charge in [0.15, 0.2) is 5.58 Å². The van der Waals surface area contributed by atoms with Crippen LogP contribution in [0.3, 0.4) is 0 Å². The molecule has 0 radical (unpaired) electrons. The fourth-order valence-electron chi connectivity index (χ4n) is 1.50. The van der Waals surface area contributed by atoms with Crippen molar-refractivity contribution in [2.24, 2.45) is 5.92 Å². The second-order valence-corrected chi connectivity index (χ2v) is 4.22. The summed E-state index contributed by atoms with van der Waals surface area (Å²) in [5.74, 6) is -0.499. The molecule has 17 heavy (non-hydrogen) atoms. The topological polar surface area (TPSA) is 75.1 Å². The van der Waals surface area contributed by atoms with Gasteiger partial charge in [0, 0.05) is 12.5 Å². The minimum Gasteiger partial charge on any atom is -0.408 e. The van der Waals surface area contributed by atoms with E-state index in [1.165, 1.54) is 0 Å². The first-order valence-electron chi connectivity index (χ1n) is 5.46. The van der Waals surface area contributed by atoms with Crippen molar-refractivity contribution in [2.75, 3.05) is 0 Å². The number of carbonyl (C=O) groups excluding carboxylic acids is 1. The molecule has 0 saturated carbocycles. The molecule has 0 atom stereocenters. The molecule has 90 valence electrons. The summed E-state index contributed by atoms with van der Waals surface area (Å²) >= 11 is 0. The number of oxazole rings is 1. The van der Waals surface area contributed by atoms with Gasteiger partial charge in [-0.25, -0.2) is 4.79 Å². The van der Waals surface area contributed by atoms with Crippen LogP contribution in [0, 0.1) is 5.92 Å². The number of rotatable bonds is 3. The van der Waals surface area contributed by atoms with Crippen molar-refractivity contribution in [1.82, 2.24) is 10.3 Å². The predicted octanol–water partition coefficient (Wildman–Crippen LogP) is 1.39. The normalized spacial score (nSPS) is 11.0. The summed E-state index contributed by atoms with van der Waals surface area (Å²) in [4.78, 5) is 24.9. The SMILES string of the molecule is CC(C)C(=O)NCc1ccc2oc(=O)[nH]c2c1. The van der Waals surface area contributed by atoms with E-state index in [0.29, 0.717) is 17.6 Å². The van der Waals surface area contributed by atoms with Crippen LogP contribution in [0.15, 0.2) is 27.4 Å². The van der Waals surface area contributed by atoms with Gasteiger partial charge in [0.05, 0.1) is 5.52 Å². The fourth-order valence-corrected chi connectivity index (χ4v) is 1.50. The van der Waals surface area contributed by atoms with E-state index in [9.17, 15) is 9.59 Å². The summed E-state index contributed by atoms with van der Waals surface area (Å²) in [6.07, 6.45) is 0. The maximum Gasteiger partial charge on any atom is 0.417 e. The van der Waals surface area contributed by atoms with Crippen molar-refractivity contribution in [2.45, 2.75) is 20.4 Å². The number of benzene rings is 1. The van der Waals surface area contributed by atoms with Gasteiger partial charge < -0.3 is 9.73 Å². The van der Waals surface area contributed by atoms with Crippen molar-refractivity contribution in [3.05, 3.63) is 34.3 Å². The zero-order valence-corrected chi connectivity index (χ0v) is 9.74. The van der Waals surface area contributed by atoms with E-state index in [1.54, 1.807) is 12.1 Å². The summed E-state index contributed by atoms with van der Waals surface area (Å²) in [5, 5.41) is 2.81. The second-order valence-electron chi connectivity index (χ2n) is 4.22. The smallest absolute Gasteiger partial charge is 0.408 e. The summed E-state index contributed by atoms with van der Waals surface area (Å²) in [6, 6.07) is 5.32. The van der Waals surface area contributed by atoms with Crippen LogP contribution < -0.4 is 11.1 Å². The Morgan fingerprint density at radius 2 is 2.24 bits per heavy atom. The molecule has 0 aliphatic rings. The van der Waals surface area contributed by atoms with Crippen molar-refractivity contribution in [3.8, 4) is 0 Å². The van der Waals surface area contributed by atoms with Gasteiger partial charge in [0.2, 0.25) is 5.91 Å². The molecule has 0 aliphatic heterocycles. The molecular weight excluding hydrogens is 220 g/mol. The van der Waals surface area contributed by atoms with E-state index in [0.717, 1.165) is 5.56 Å². The molecule has 0 fully saturated rings. The van der Waals surface area contributed by atoms with E-state index in [4.69, 9.17) is 4.42 Å². The number of nitrogens with one attached hydrogen (secondary N) is 2. The third-order valence-corrected chi connectivity index (χ3v) is 2.47. The number of H-pyrrole nitrogens is 1. The molecule has 0 aliphatic carbocycles. The lowest BCUT2D eigenvalue weighted by molar-refractivity contribution is -0.124. The largest absolute Gasteiger partial charge is 0.417 e. The van der Waals surface area contributed by atoms with Crippen LogP contribution in [0.4, 0.5) is 0 Å². The molecule has 0 saturated heterocycles. The highest BCUT2D eigenvalue weighted by Crippen LogP contribution is 2.12. The molecule has 1 aromatic heterocycles. The summed E-state index contributed by atoms with van der Waals surface area (Å²) in [5.41, 5.74) is 2.09. The summed E-state index contributed by atoms with van der Waals surface area (Å²) in [6.45, 7) is 4.12. The Labute approximate surface area is 97.8 Å². The summed E-state index contributed by atoms with van der Waals surface area (Å²) < 4.78 is 4.89. The van der Waals surface area contributed by atoms with Gasteiger partial charge in [-0.1, -0.05) is 19.9 Å². The highest BCUT2D eigenvalue weighted by atomic mass is 16.4. The lowest BCUT2D eigenvalue weighted by Gasteiger charge is -2.07. The van der Waals surface area contributed by atoms with E-state index in [-0.39, 0.29) is 11.8 Å². The van der Waals surface area contributed by atoms with Crippen molar-refractivity contribution in [3.63, 3.8) is 0 Å². The van der Waals surface area contributed by atoms with E-state index < -0.39 is 5.76 Å². The van der Waals surface area contributed by atoms with Crippen LogP contribution in [-0.4, -0.2) is 10.9 Å². The Bertz CT molecular complexity index is 595. The molecule has 5 nitrogen and oxygen atoms in total. The molecule has 1 heterocycles. The minimum absolute atomic E-state index is 0.00536. The van der Waals surface area contributed by atoms with Gasteiger partial charge >= 0.3 is 5.76 Å². The van der Waals surface area contributed by atoms with Crippen LogP contribution in [0.2, 0.25) is 0 Å². The van der Waals surface area contributed by atoms with Crippen LogP contribution in [0.1, 0.15) is 19.4 Å². The van der Waals surface area contributed by atoms with Gasteiger partial charge in [0.25, 0.3) is 0 Å². The third kappa shape index (κ3) is 2.55. The van der Waals surface area contributed by atoms with Gasteiger partial charge in [-0.2, -0.15) is 0 Å². The molecule has 0 bridgehead atoms. The lowest BCUT2D eigenvalue weighted by Crippen LogP contribution is -2.27. The van der Waals surface area contributed by atoms with Crippen molar-refractivity contribution >= 4 is 17.0 Å². The van der Waals surface area contributed by atoms with Gasteiger partial charge in [-0.3, -0.25) is 9.78 Å². The van der Waals surface area contributed by atoms with E-state index >= 15 is 0 Å². The fraction of sp³-hybridized carbons (Fsp3) is 0.333. The van der Waals surface area contributed by atoms with Crippen LogP contribution in [0.5, 0.6) is 0 Å². The van der Waals surface area contributed by atoms with Gasteiger partial charge in [-0.05, 0) is 17.7 Å². The average molecular weight is 234 g/mol. The number of carbonyl (C=O) groups is 1. The van der Waals surface area contributed by atoms with Crippen LogP contribution in [-0.2, 0) is 11.3 Å². The molecule has 0 spiro atoms. The zero-order chi connectivity index (χ0) is 12.4. The number of hydrogen-bond donors (Lipinski definition) is 2. The summed E-state index contributed by atoms with van der Waals surface area (Å²) in [7, 11) is 0. The predicted molar refractivity (Wildman–Crippen MR) is 63.5 cm³/mol. The number of fused-ring (bicyclic) bond motifs is 1. The Kier molecular flexibility index (Phi) is 2.99. The molecule has 1 amide bonds. The molecule has 0 unspecified atom stereocenters. The van der Waals surface area contributed by atoms with E-state index in [2.05, 4.69) is 10.3 Å². The monoisotopic (exact) mass is 234 g/mol. The lowest BCUT2D eigenvalue weighted by atomic mass is 10.2. The van der Waals surface area contributed by atoms with Gasteiger partial charge in [0.1, 0.15) is 0 Å². The Hall–Kier alpha value is -2.04. The molecule has 2 N–H and O–H groups in total. The Balaban J connectivity index is 2.14. The number of aromatic nitrogens is 1. The molecule has 1 aromatic carbocycles. The van der Waals surface area contributed by atoms with Crippen molar-refractivity contribution < 1.29 is 9.21 Å². The number of hydrogen-bond acceptors (Lipinski definition) is 3. The first-order chi connectivity index (χ1) is 8.06. The van der Waals surface area contributed by atoms with E-state index in [1.807, 2.05) is 19.9 Å². The molecule has 2 aromatic rings.